The summed E-state index contributed by atoms with van der Waals surface area (Å²) < 4.78 is 49.3. The summed E-state index contributed by atoms with van der Waals surface area (Å²) in [7, 11) is -4.07. The van der Waals surface area contributed by atoms with Crippen LogP contribution in [-0.2, 0) is 19.9 Å². The van der Waals surface area contributed by atoms with Crippen molar-refractivity contribution in [3.8, 4) is 0 Å². The molecule has 0 radical (unpaired) electrons. The standard InChI is InChI=1S/C16H23ClN2O5S2/c1-4-8-19(12-7-9-25(21,22)11-12)16(20)14-10-13(5-6-15(14)17)26(23,24)18(2)3/h5-6,10,12H,4,7-9,11H2,1-3H3/t12-/m0/s1. The zero-order valence-corrected chi connectivity index (χ0v) is 17.4. The van der Waals surface area contributed by atoms with E-state index in [1.54, 1.807) is 0 Å². The summed E-state index contributed by atoms with van der Waals surface area (Å²) in [5.41, 5.74) is 0.0624. The van der Waals surface area contributed by atoms with E-state index < -0.39 is 31.8 Å². The monoisotopic (exact) mass is 422 g/mol. The van der Waals surface area contributed by atoms with Crippen molar-refractivity contribution in [3.63, 3.8) is 0 Å². The van der Waals surface area contributed by atoms with Gasteiger partial charge in [-0.05, 0) is 31.0 Å². The van der Waals surface area contributed by atoms with Gasteiger partial charge in [-0.2, -0.15) is 0 Å². The average molecular weight is 423 g/mol. The first-order valence-electron chi connectivity index (χ1n) is 8.23. The highest BCUT2D eigenvalue weighted by molar-refractivity contribution is 7.91. The molecule has 1 aliphatic rings. The molecule has 1 fully saturated rings. The molecular weight excluding hydrogens is 400 g/mol. The van der Waals surface area contributed by atoms with Gasteiger partial charge in [-0.1, -0.05) is 18.5 Å². The van der Waals surface area contributed by atoms with E-state index in [-0.39, 0.29) is 27.0 Å². The molecule has 7 nitrogen and oxygen atoms in total. The summed E-state index contributed by atoms with van der Waals surface area (Å²) >= 11 is 6.15. The normalized spacial score (nSPS) is 19.7. The van der Waals surface area contributed by atoms with E-state index >= 15 is 0 Å². The largest absolute Gasteiger partial charge is 0.335 e. The lowest BCUT2D eigenvalue weighted by atomic mass is 10.1. The van der Waals surface area contributed by atoms with E-state index in [9.17, 15) is 21.6 Å². The van der Waals surface area contributed by atoms with Gasteiger partial charge in [0.25, 0.3) is 5.91 Å². The quantitative estimate of drug-likeness (QED) is 0.694. The zero-order valence-electron chi connectivity index (χ0n) is 15.0. The molecule has 0 N–H and O–H groups in total. The fourth-order valence-corrected chi connectivity index (χ4v) is 5.76. The van der Waals surface area contributed by atoms with Crippen LogP contribution in [0, 0.1) is 0 Å². The van der Waals surface area contributed by atoms with E-state index in [1.165, 1.54) is 37.2 Å². The number of sulfone groups is 1. The van der Waals surface area contributed by atoms with Crippen molar-refractivity contribution in [1.29, 1.82) is 0 Å². The lowest BCUT2D eigenvalue weighted by molar-refractivity contribution is 0.0697. The maximum atomic E-state index is 13.0. The Morgan fingerprint density at radius 3 is 2.46 bits per heavy atom. The molecule has 0 unspecified atom stereocenters. The van der Waals surface area contributed by atoms with Crippen LogP contribution in [0.25, 0.3) is 0 Å². The number of sulfonamides is 1. The second-order valence-electron chi connectivity index (χ2n) is 6.48. The van der Waals surface area contributed by atoms with Gasteiger partial charge in [0.15, 0.2) is 9.84 Å². The average Bonchev–Trinajstić information content (AvgIpc) is 2.91. The number of hydrogen-bond acceptors (Lipinski definition) is 5. The van der Waals surface area contributed by atoms with Gasteiger partial charge in [0.2, 0.25) is 10.0 Å². The lowest BCUT2D eigenvalue weighted by Crippen LogP contribution is -2.41. The number of carbonyl (C=O) groups is 1. The minimum absolute atomic E-state index is 0.0364. The Labute approximate surface area is 159 Å². The highest BCUT2D eigenvalue weighted by Crippen LogP contribution is 2.26. The van der Waals surface area contributed by atoms with Gasteiger partial charge in [0, 0.05) is 26.7 Å². The summed E-state index contributed by atoms with van der Waals surface area (Å²) in [5, 5.41) is 0.134. The van der Waals surface area contributed by atoms with Gasteiger partial charge >= 0.3 is 0 Å². The Hall–Kier alpha value is -1.16. The molecule has 1 aromatic rings. The number of hydrogen-bond donors (Lipinski definition) is 0. The number of amides is 1. The van der Waals surface area contributed by atoms with Crippen LogP contribution >= 0.6 is 11.6 Å². The Morgan fingerprint density at radius 2 is 1.96 bits per heavy atom. The number of carbonyl (C=O) groups excluding carboxylic acids is 1. The third-order valence-electron chi connectivity index (χ3n) is 4.32. The molecule has 1 heterocycles. The maximum absolute atomic E-state index is 13.0. The van der Waals surface area contributed by atoms with Gasteiger partial charge in [-0.3, -0.25) is 4.79 Å². The fourth-order valence-electron chi connectivity index (χ4n) is 2.91. The summed E-state index contributed by atoms with van der Waals surface area (Å²) in [6.45, 7) is 2.26. The number of halogens is 1. The van der Waals surface area contributed by atoms with E-state index in [2.05, 4.69) is 0 Å². The lowest BCUT2D eigenvalue weighted by Gasteiger charge is -2.28. The molecule has 10 heteroatoms. The summed E-state index contributed by atoms with van der Waals surface area (Å²) in [6, 6.07) is 3.56. The van der Waals surface area contributed by atoms with Crippen LogP contribution in [0.5, 0.6) is 0 Å². The third-order valence-corrected chi connectivity index (χ3v) is 8.21. The molecule has 1 atom stereocenters. The molecule has 1 aliphatic heterocycles. The van der Waals surface area contributed by atoms with Crippen molar-refractivity contribution in [1.82, 2.24) is 9.21 Å². The van der Waals surface area contributed by atoms with Gasteiger partial charge < -0.3 is 4.90 Å². The van der Waals surface area contributed by atoms with E-state index in [1.807, 2.05) is 6.92 Å². The van der Waals surface area contributed by atoms with Crippen molar-refractivity contribution in [2.75, 3.05) is 32.1 Å². The van der Waals surface area contributed by atoms with Gasteiger partial charge in [-0.25, -0.2) is 21.1 Å². The van der Waals surface area contributed by atoms with Crippen LogP contribution in [0.4, 0.5) is 0 Å². The highest BCUT2D eigenvalue weighted by Gasteiger charge is 2.35. The molecule has 146 valence electrons. The van der Waals surface area contributed by atoms with Crippen LogP contribution in [0.2, 0.25) is 5.02 Å². The molecule has 0 aliphatic carbocycles. The third kappa shape index (κ3) is 4.39. The molecule has 0 saturated carbocycles. The van der Waals surface area contributed by atoms with Crippen LogP contribution in [-0.4, -0.2) is 70.1 Å². The first-order valence-corrected chi connectivity index (χ1v) is 11.9. The number of rotatable bonds is 6. The Balaban J connectivity index is 2.43. The van der Waals surface area contributed by atoms with Crippen molar-refractivity contribution in [2.24, 2.45) is 0 Å². The van der Waals surface area contributed by atoms with Crippen LogP contribution in [0.15, 0.2) is 23.1 Å². The smallest absolute Gasteiger partial charge is 0.255 e. The molecule has 0 spiro atoms. The summed E-state index contributed by atoms with van der Waals surface area (Å²) in [4.78, 5) is 14.5. The number of benzene rings is 1. The molecule has 0 bridgehead atoms. The Kier molecular flexibility index (Phi) is 6.37. The Morgan fingerprint density at radius 1 is 1.31 bits per heavy atom. The van der Waals surface area contributed by atoms with Gasteiger partial charge in [0.1, 0.15) is 0 Å². The molecule has 1 saturated heterocycles. The molecule has 26 heavy (non-hydrogen) atoms. The van der Waals surface area contributed by atoms with Crippen molar-refractivity contribution in [3.05, 3.63) is 28.8 Å². The van der Waals surface area contributed by atoms with Crippen molar-refractivity contribution in [2.45, 2.75) is 30.7 Å². The summed E-state index contributed by atoms with van der Waals surface area (Å²) in [6.07, 6.45) is 1.02. The Bertz CT molecular complexity index is 897. The second-order valence-corrected chi connectivity index (χ2v) is 11.3. The van der Waals surface area contributed by atoms with Crippen LogP contribution in [0.1, 0.15) is 30.1 Å². The predicted molar refractivity (Wildman–Crippen MR) is 101 cm³/mol. The van der Waals surface area contributed by atoms with E-state index in [4.69, 9.17) is 11.6 Å². The molecule has 0 aromatic heterocycles. The van der Waals surface area contributed by atoms with E-state index in [0.29, 0.717) is 19.4 Å². The van der Waals surface area contributed by atoms with Crippen molar-refractivity contribution < 1.29 is 21.6 Å². The van der Waals surface area contributed by atoms with E-state index in [0.717, 1.165) is 4.31 Å². The van der Waals surface area contributed by atoms with Crippen molar-refractivity contribution >= 4 is 37.4 Å². The molecule has 1 aromatic carbocycles. The topological polar surface area (TPSA) is 91.8 Å². The molecule has 1 amide bonds. The second kappa shape index (κ2) is 7.84. The fraction of sp³-hybridized carbons (Fsp3) is 0.562. The minimum atomic E-state index is -3.72. The number of nitrogens with zero attached hydrogens (tertiary/aromatic N) is 2. The SMILES string of the molecule is CCCN(C(=O)c1cc(S(=O)(=O)N(C)C)ccc1Cl)[C@H]1CCS(=O)(=O)C1. The zero-order chi connectivity index (χ0) is 19.7. The van der Waals surface area contributed by atoms with Crippen LogP contribution in [0.3, 0.4) is 0 Å². The predicted octanol–water partition coefficient (Wildman–Crippen LogP) is 1.63. The first-order chi connectivity index (χ1) is 12.0. The van der Waals surface area contributed by atoms with Gasteiger partial charge in [0.05, 0.1) is 27.0 Å². The first kappa shape index (κ1) is 21.1. The molecular formula is C16H23ClN2O5S2. The van der Waals surface area contributed by atoms with Gasteiger partial charge in [-0.15, -0.1) is 0 Å². The molecule has 2 rings (SSSR count). The van der Waals surface area contributed by atoms with Crippen LogP contribution < -0.4 is 0 Å². The summed E-state index contributed by atoms with van der Waals surface area (Å²) in [5.74, 6) is -0.477. The maximum Gasteiger partial charge on any atom is 0.255 e. The highest BCUT2D eigenvalue weighted by atomic mass is 35.5. The minimum Gasteiger partial charge on any atom is -0.335 e.